The molecular weight excluding hydrogens is 329 g/mol. The molecule has 0 aliphatic carbocycles. The van der Waals surface area contributed by atoms with Crippen molar-refractivity contribution in [3.8, 4) is 5.75 Å². The van der Waals surface area contributed by atoms with E-state index >= 15 is 0 Å². The molecule has 1 aromatic carbocycles. The predicted molar refractivity (Wildman–Crippen MR) is 91.1 cm³/mol. The molecular formula is C18H20FNO3S. The van der Waals surface area contributed by atoms with Crippen molar-refractivity contribution < 1.29 is 18.7 Å². The van der Waals surface area contributed by atoms with Crippen LogP contribution < -0.4 is 4.74 Å². The normalized spacial score (nSPS) is 15.5. The van der Waals surface area contributed by atoms with Gasteiger partial charge in [0.1, 0.15) is 18.2 Å². The van der Waals surface area contributed by atoms with Gasteiger partial charge < -0.3 is 14.4 Å². The topological polar surface area (TPSA) is 38.8 Å². The van der Waals surface area contributed by atoms with Gasteiger partial charge in [0.05, 0.1) is 17.6 Å². The second-order valence-corrected chi connectivity index (χ2v) is 6.59. The molecule has 6 heteroatoms. The molecule has 0 radical (unpaired) electrons. The summed E-state index contributed by atoms with van der Waals surface area (Å²) in [5.41, 5.74) is 0. The molecule has 1 saturated heterocycles. The highest BCUT2D eigenvalue weighted by atomic mass is 32.1. The van der Waals surface area contributed by atoms with Crippen LogP contribution >= 0.6 is 11.3 Å². The summed E-state index contributed by atoms with van der Waals surface area (Å²) in [6, 6.07) is 9.71. The summed E-state index contributed by atoms with van der Waals surface area (Å²) in [7, 11) is 0. The van der Waals surface area contributed by atoms with E-state index in [4.69, 9.17) is 9.47 Å². The first-order valence-electron chi connectivity index (χ1n) is 8.05. The van der Waals surface area contributed by atoms with Gasteiger partial charge in [0.25, 0.3) is 5.91 Å². The summed E-state index contributed by atoms with van der Waals surface area (Å²) < 4.78 is 24.1. The van der Waals surface area contributed by atoms with Crippen molar-refractivity contribution in [1.29, 1.82) is 0 Å². The Balaban J connectivity index is 1.34. The van der Waals surface area contributed by atoms with Crippen molar-refractivity contribution in [3.05, 3.63) is 52.5 Å². The summed E-state index contributed by atoms with van der Waals surface area (Å²) in [5.74, 6) is 0.474. The standard InChI is InChI=1S/C18H20FNO3S/c19-14-3-5-15(6-4-14)22-11-12-23-16-7-9-20(10-8-16)18(21)17-2-1-13-24-17/h1-6,13,16H,7-12H2. The van der Waals surface area contributed by atoms with Crippen molar-refractivity contribution in [2.24, 2.45) is 0 Å². The second-order valence-electron chi connectivity index (χ2n) is 5.64. The van der Waals surface area contributed by atoms with Crippen molar-refractivity contribution in [3.63, 3.8) is 0 Å². The fraction of sp³-hybridized carbons (Fsp3) is 0.389. The van der Waals surface area contributed by atoms with Crippen LogP contribution in [-0.4, -0.2) is 43.2 Å². The highest BCUT2D eigenvalue weighted by Gasteiger charge is 2.24. The largest absolute Gasteiger partial charge is 0.491 e. The monoisotopic (exact) mass is 349 g/mol. The minimum atomic E-state index is -0.276. The highest BCUT2D eigenvalue weighted by molar-refractivity contribution is 7.12. The molecule has 1 aromatic heterocycles. The zero-order valence-corrected chi connectivity index (χ0v) is 14.1. The number of likely N-dealkylation sites (tertiary alicyclic amines) is 1. The number of piperidine rings is 1. The summed E-state index contributed by atoms with van der Waals surface area (Å²) in [5, 5.41) is 1.92. The van der Waals surface area contributed by atoms with Gasteiger partial charge in [0.15, 0.2) is 0 Å². The molecule has 0 bridgehead atoms. The lowest BCUT2D eigenvalue weighted by Gasteiger charge is -2.31. The molecule has 2 aromatic rings. The maximum absolute atomic E-state index is 12.8. The number of hydrogen-bond acceptors (Lipinski definition) is 4. The first-order chi connectivity index (χ1) is 11.7. The van der Waals surface area contributed by atoms with E-state index in [1.807, 2.05) is 22.4 Å². The number of amides is 1. The fourth-order valence-electron chi connectivity index (χ4n) is 2.69. The number of ether oxygens (including phenoxy) is 2. The third-order valence-corrected chi connectivity index (χ3v) is 4.84. The first-order valence-corrected chi connectivity index (χ1v) is 8.93. The quantitative estimate of drug-likeness (QED) is 0.748. The Hall–Kier alpha value is -1.92. The van der Waals surface area contributed by atoms with Crippen LogP contribution in [0.15, 0.2) is 41.8 Å². The molecule has 1 aliphatic heterocycles. The van der Waals surface area contributed by atoms with Gasteiger partial charge in [-0.25, -0.2) is 4.39 Å². The molecule has 4 nitrogen and oxygen atoms in total. The van der Waals surface area contributed by atoms with Crippen LogP contribution in [-0.2, 0) is 4.74 Å². The molecule has 0 saturated carbocycles. The van der Waals surface area contributed by atoms with Crippen LogP contribution in [0.3, 0.4) is 0 Å². The average molecular weight is 349 g/mol. The molecule has 0 unspecified atom stereocenters. The van der Waals surface area contributed by atoms with E-state index in [0.29, 0.717) is 19.0 Å². The number of benzene rings is 1. The Bertz CT molecular complexity index is 637. The van der Waals surface area contributed by atoms with Crippen molar-refractivity contribution >= 4 is 17.2 Å². The van der Waals surface area contributed by atoms with Gasteiger partial charge in [-0.3, -0.25) is 4.79 Å². The number of halogens is 1. The summed E-state index contributed by atoms with van der Waals surface area (Å²) in [6.45, 7) is 2.36. The SMILES string of the molecule is O=C(c1cccs1)N1CCC(OCCOc2ccc(F)cc2)CC1. The molecule has 24 heavy (non-hydrogen) atoms. The van der Waals surface area contributed by atoms with Crippen molar-refractivity contribution in [2.75, 3.05) is 26.3 Å². The van der Waals surface area contributed by atoms with Gasteiger partial charge in [0, 0.05) is 13.1 Å². The summed E-state index contributed by atoms with van der Waals surface area (Å²) >= 11 is 1.48. The Morgan fingerprint density at radius 3 is 2.58 bits per heavy atom. The zero-order chi connectivity index (χ0) is 16.8. The lowest BCUT2D eigenvalue weighted by molar-refractivity contribution is -0.00228. The van der Waals surface area contributed by atoms with Gasteiger partial charge in [-0.1, -0.05) is 6.07 Å². The summed E-state index contributed by atoms with van der Waals surface area (Å²) in [4.78, 5) is 14.9. The number of thiophene rings is 1. The van der Waals surface area contributed by atoms with E-state index in [9.17, 15) is 9.18 Å². The van der Waals surface area contributed by atoms with E-state index < -0.39 is 0 Å². The number of carbonyl (C=O) groups excluding carboxylic acids is 1. The molecule has 1 fully saturated rings. The molecule has 2 heterocycles. The minimum Gasteiger partial charge on any atom is -0.491 e. The Kier molecular flexibility index (Phi) is 5.82. The predicted octanol–water partition coefficient (Wildman–Crippen LogP) is 3.59. The maximum atomic E-state index is 12.8. The third kappa shape index (κ3) is 4.55. The molecule has 0 atom stereocenters. The minimum absolute atomic E-state index is 0.114. The Morgan fingerprint density at radius 2 is 1.92 bits per heavy atom. The fourth-order valence-corrected chi connectivity index (χ4v) is 3.38. The number of carbonyl (C=O) groups is 1. The molecule has 0 N–H and O–H groups in total. The van der Waals surface area contributed by atoms with Crippen molar-refractivity contribution in [1.82, 2.24) is 4.90 Å². The van der Waals surface area contributed by atoms with Crippen molar-refractivity contribution in [2.45, 2.75) is 18.9 Å². The highest BCUT2D eigenvalue weighted by Crippen LogP contribution is 2.19. The van der Waals surface area contributed by atoms with Crippen LogP contribution in [0.4, 0.5) is 4.39 Å². The van der Waals surface area contributed by atoms with E-state index in [1.165, 1.54) is 23.5 Å². The van der Waals surface area contributed by atoms with Gasteiger partial charge in [-0.2, -0.15) is 0 Å². The van der Waals surface area contributed by atoms with Crippen LogP contribution in [0.2, 0.25) is 0 Å². The second kappa shape index (κ2) is 8.26. The van der Waals surface area contributed by atoms with Crippen LogP contribution in [0.5, 0.6) is 5.75 Å². The van der Waals surface area contributed by atoms with E-state index in [0.717, 1.165) is 30.8 Å². The van der Waals surface area contributed by atoms with Crippen LogP contribution in [0.1, 0.15) is 22.5 Å². The molecule has 1 aliphatic rings. The van der Waals surface area contributed by atoms with E-state index in [-0.39, 0.29) is 17.8 Å². The number of nitrogens with zero attached hydrogens (tertiary/aromatic N) is 1. The molecule has 3 rings (SSSR count). The van der Waals surface area contributed by atoms with Crippen LogP contribution in [0.25, 0.3) is 0 Å². The lowest BCUT2D eigenvalue weighted by atomic mass is 10.1. The Morgan fingerprint density at radius 1 is 1.17 bits per heavy atom. The van der Waals surface area contributed by atoms with Gasteiger partial charge >= 0.3 is 0 Å². The third-order valence-electron chi connectivity index (χ3n) is 3.98. The molecule has 0 spiro atoms. The van der Waals surface area contributed by atoms with Crippen LogP contribution in [0, 0.1) is 5.82 Å². The first kappa shape index (κ1) is 16.9. The lowest BCUT2D eigenvalue weighted by Crippen LogP contribution is -2.40. The van der Waals surface area contributed by atoms with E-state index in [1.54, 1.807) is 12.1 Å². The molecule has 128 valence electrons. The number of hydrogen-bond donors (Lipinski definition) is 0. The maximum Gasteiger partial charge on any atom is 0.263 e. The van der Waals surface area contributed by atoms with E-state index in [2.05, 4.69) is 0 Å². The zero-order valence-electron chi connectivity index (χ0n) is 13.3. The molecule has 1 amide bonds. The van der Waals surface area contributed by atoms with Gasteiger partial charge in [0.2, 0.25) is 0 Å². The Labute approximate surface area is 144 Å². The van der Waals surface area contributed by atoms with Gasteiger partial charge in [-0.15, -0.1) is 11.3 Å². The van der Waals surface area contributed by atoms with Gasteiger partial charge in [-0.05, 0) is 48.6 Å². The average Bonchev–Trinajstić information content (AvgIpc) is 3.15. The number of rotatable bonds is 6. The summed E-state index contributed by atoms with van der Waals surface area (Å²) in [6.07, 6.45) is 1.84. The smallest absolute Gasteiger partial charge is 0.263 e.